The molecule has 0 atom stereocenters. The van der Waals surface area contributed by atoms with Crippen molar-refractivity contribution in [1.29, 1.82) is 5.26 Å². The van der Waals surface area contributed by atoms with Crippen LogP contribution >= 0.6 is 0 Å². The standard InChI is InChI=1S/C49H29N3O/c50-30-31-16-18-32(19-17-31)33-20-24-36(25-21-33)51-43-12-4-1-8-37(43)39-26-22-35(29-47(39)51)34-23-27-45-42(28-34)38-9-2-5-13-44(38)52(45)46-14-7-11-41-40-10-3-6-15-48(40)53-49(41)46/h1-29H. The molecule has 8 aromatic carbocycles. The summed E-state index contributed by atoms with van der Waals surface area (Å²) in [7, 11) is 0. The van der Waals surface area contributed by atoms with Crippen molar-refractivity contribution in [2.45, 2.75) is 0 Å². The zero-order valence-electron chi connectivity index (χ0n) is 28.5. The van der Waals surface area contributed by atoms with Gasteiger partial charge in [0.2, 0.25) is 0 Å². The molecule has 0 radical (unpaired) electrons. The minimum Gasteiger partial charge on any atom is -0.454 e. The van der Waals surface area contributed by atoms with Gasteiger partial charge in [-0.2, -0.15) is 5.26 Å². The van der Waals surface area contributed by atoms with E-state index in [1.54, 1.807) is 0 Å². The van der Waals surface area contributed by atoms with Gasteiger partial charge in [0.25, 0.3) is 0 Å². The van der Waals surface area contributed by atoms with Gasteiger partial charge in [-0.3, -0.25) is 0 Å². The molecule has 53 heavy (non-hydrogen) atoms. The van der Waals surface area contributed by atoms with Gasteiger partial charge in [0.1, 0.15) is 5.58 Å². The fraction of sp³-hybridized carbons (Fsp3) is 0. The molecule has 4 nitrogen and oxygen atoms in total. The van der Waals surface area contributed by atoms with Crippen molar-refractivity contribution in [2.75, 3.05) is 0 Å². The molecule has 0 amide bonds. The zero-order valence-corrected chi connectivity index (χ0v) is 28.5. The van der Waals surface area contributed by atoms with Crippen LogP contribution in [0, 0.1) is 11.3 Å². The second-order valence-electron chi connectivity index (χ2n) is 13.7. The third-order valence-electron chi connectivity index (χ3n) is 10.8. The molecule has 0 saturated heterocycles. The Morgan fingerprint density at radius 1 is 0.396 bits per heavy atom. The highest BCUT2D eigenvalue weighted by atomic mass is 16.3. The Labute approximate surface area is 304 Å². The van der Waals surface area contributed by atoms with Gasteiger partial charge in [-0.15, -0.1) is 0 Å². The van der Waals surface area contributed by atoms with Crippen LogP contribution in [0.5, 0.6) is 0 Å². The number of para-hydroxylation sites is 4. The molecule has 3 aromatic heterocycles. The smallest absolute Gasteiger partial charge is 0.159 e. The minimum absolute atomic E-state index is 0.664. The average Bonchev–Trinajstić information content (AvgIpc) is 3.88. The first-order valence-electron chi connectivity index (χ1n) is 17.8. The summed E-state index contributed by atoms with van der Waals surface area (Å²) in [5.74, 6) is 0. The van der Waals surface area contributed by atoms with E-state index in [4.69, 9.17) is 4.42 Å². The lowest BCUT2D eigenvalue weighted by atomic mass is 10.0. The number of fused-ring (bicyclic) bond motifs is 9. The van der Waals surface area contributed by atoms with Gasteiger partial charge in [-0.1, -0.05) is 109 Å². The van der Waals surface area contributed by atoms with Crippen LogP contribution in [0.25, 0.3) is 99.2 Å². The molecule has 0 spiro atoms. The van der Waals surface area contributed by atoms with E-state index in [0.717, 1.165) is 72.1 Å². The predicted molar refractivity (Wildman–Crippen MR) is 218 cm³/mol. The topological polar surface area (TPSA) is 46.8 Å². The third kappa shape index (κ3) is 4.41. The number of nitriles is 1. The molecule has 0 bridgehead atoms. The lowest BCUT2D eigenvalue weighted by Crippen LogP contribution is -1.94. The maximum Gasteiger partial charge on any atom is 0.159 e. The molecule has 0 aliphatic rings. The average molecular weight is 676 g/mol. The quantitative estimate of drug-likeness (QED) is 0.186. The second-order valence-corrected chi connectivity index (χ2v) is 13.7. The van der Waals surface area contributed by atoms with Crippen molar-refractivity contribution in [3.05, 3.63) is 181 Å². The lowest BCUT2D eigenvalue weighted by Gasteiger charge is -2.11. The van der Waals surface area contributed by atoms with E-state index in [0.29, 0.717) is 5.56 Å². The highest BCUT2D eigenvalue weighted by Crippen LogP contribution is 2.40. The Morgan fingerprint density at radius 2 is 0.962 bits per heavy atom. The van der Waals surface area contributed by atoms with Crippen LogP contribution < -0.4 is 0 Å². The van der Waals surface area contributed by atoms with E-state index < -0.39 is 0 Å². The van der Waals surface area contributed by atoms with E-state index in [1.807, 2.05) is 36.4 Å². The summed E-state index contributed by atoms with van der Waals surface area (Å²) < 4.78 is 11.2. The lowest BCUT2D eigenvalue weighted by molar-refractivity contribution is 0.666. The minimum atomic E-state index is 0.664. The van der Waals surface area contributed by atoms with Gasteiger partial charge in [-0.25, -0.2) is 0 Å². The highest BCUT2D eigenvalue weighted by molar-refractivity contribution is 6.14. The monoisotopic (exact) mass is 675 g/mol. The normalized spacial score (nSPS) is 11.8. The van der Waals surface area contributed by atoms with Crippen molar-refractivity contribution >= 4 is 65.6 Å². The Hall–Kier alpha value is -7.35. The van der Waals surface area contributed by atoms with Crippen LogP contribution in [-0.4, -0.2) is 9.13 Å². The van der Waals surface area contributed by atoms with E-state index >= 15 is 0 Å². The molecule has 4 heteroatoms. The van der Waals surface area contributed by atoms with Crippen LogP contribution in [0.3, 0.4) is 0 Å². The number of benzene rings is 8. The molecular formula is C49H29N3O. The van der Waals surface area contributed by atoms with Crippen LogP contribution in [0.2, 0.25) is 0 Å². The Bertz CT molecular complexity index is 3280. The molecule has 0 aliphatic heterocycles. The summed E-state index contributed by atoms with van der Waals surface area (Å²) in [5, 5.41) is 16.3. The summed E-state index contributed by atoms with van der Waals surface area (Å²) in [6, 6.07) is 64.4. The molecular weight excluding hydrogens is 647 g/mol. The van der Waals surface area contributed by atoms with Crippen LogP contribution in [-0.2, 0) is 0 Å². The zero-order chi connectivity index (χ0) is 35.0. The van der Waals surface area contributed by atoms with Gasteiger partial charge in [0, 0.05) is 38.0 Å². The molecule has 0 aliphatic carbocycles. The van der Waals surface area contributed by atoms with Gasteiger partial charge in [0.05, 0.1) is 39.4 Å². The van der Waals surface area contributed by atoms with Crippen molar-refractivity contribution < 1.29 is 4.42 Å². The number of aromatic nitrogens is 2. The summed E-state index contributed by atoms with van der Waals surface area (Å²) in [6.07, 6.45) is 0. The Kier molecular flexibility index (Phi) is 6.28. The predicted octanol–water partition coefficient (Wildman–Crippen LogP) is 13.0. The third-order valence-corrected chi connectivity index (χ3v) is 10.8. The van der Waals surface area contributed by atoms with Gasteiger partial charge in [0.15, 0.2) is 5.58 Å². The van der Waals surface area contributed by atoms with E-state index in [-0.39, 0.29) is 0 Å². The Balaban J connectivity index is 1.07. The number of furan rings is 1. The molecule has 0 N–H and O–H groups in total. The first kappa shape index (κ1) is 29.4. The molecule has 3 heterocycles. The number of hydrogen-bond donors (Lipinski definition) is 0. The van der Waals surface area contributed by atoms with Crippen molar-refractivity contribution in [3.8, 4) is 39.7 Å². The van der Waals surface area contributed by atoms with Crippen LogP contribution in [0.4, 0.5) is 0 Å². The van der Waals surface area contributed by atoms with Gasteiger partial charge >= 0.3 is 0 Å². The van der Waals surface area contributed by atoms with E-state index in [1.165, 1.54) is 27.1 Å². The summed E-state index contributed by atoms with van der Waals surface area (Å²) >= 11 is 0. The number of nitrogens with zero attached hydrogens (tertiary/aromatic N) is 3. The highest BCUT2D eigenvalue weighted by Gasteiger charge is 2.19. The largest absolute Gasteiger partial charge is 0.454 e. The first-order valence-corrected chi connectivity index (χ1v) is 17.8. The maximum absolute atomic E-state index is 9.24. The fourth-order valence-corrected chi connectivity index (χ4v) is 8.29. The van der Waals surface area contributed by atoms with Crippen LogP contribution in [0.15, 0.2) is 180 Å². The number of hydrogen-bond acceptors (Lipinski definition) is 2. The van der Waals surface area contributed by atoms with E-state index in [9.17, 15) is 5.26 Å². The first-order chi connectivity index (χ1) is 26.2. The molecule has 0 saturated carbocycles. The molecule has 0 unspecified atom stereocenters. The van der Waals surface area contributed by atoms with Crippen molar-refractivity contribution in [1.82, 2.24) is 9.13 Å². The molecule has 246 valence electrons. The number of rotatable bonds is 4. The second kappa shape index (κ2) is 11.3. The van der Waals surface area contributed by atoms with Crippen LogP contribution in [0.1, 0.15) is 5.56 Å². The van der Waals surface area contributed by atoms with Gasteiger partial charge in [-0.05, 0) is 89.0 Å². The molecule has 11 rings (SSSR count). The van der Waals surface area contributed by atoms with Gasteiger partial charge < -0.3 is 13.6 Å². The fourth-order valence-electron chi connectivity index (χ4n) is 8.29. The van der Waals surface area contributed by atoms with Crippen molar-refractivity contribution in [2.24, 2.45) is 0 Å². The summed E-state index contributed by atoms with van der Waals surface area (Å²) in [4.78, 5) is 0. The summed E-state index contributed by atoms with van der Waals surface area (Å²) in [5.41, 5.74) is 13.7. The Morgan fingerprint density at radius 3 is 1.74 bits per heavy atom. The molecule has 0 fully saturated rings. The maximum atomic E-state index is 9.24. The molecule has 11 aromatic rings. The van der Waals surface area contributed by atoms with E-state index in [2.05, 4.69) is 155 Å². The summed E-state index contributed by atoms with van der Waals surface area (Å²) in [6.45, 7) is 0. The SMILES string of the molecule is N#Cc1ccc(-c2ccc(-n3c4ccccc4c4ccc(-c5ccc6c(c5)c5ccccc5n6-c5cccc6c5oc5ccccc56)cc43)cc2)cc1. The van der Waals surface area contributed by atoms with Crippen molar-refractivity contribution in [3.63, 3.8) is 0 Å².